The molecule has 0 radical (unpaired) electrons. The van der Waals surface area contributed by atoms with Crippen LogP contribution in [0, 0.1) is 5.92 Å². The predicted octanol–water partition coefficient (Wildman–Crippen LogP) is 3.27. The number of aromatic nitrogens is 1. The zero-order valence-electron chi connectivity index (χ0n) is 19.9. The molecule has 1 aromatic heterocycles. The van der Waals surface area contributed by atoms with E-state index in [4.69, 9.17) is 5.73 Å². The molecule has 4 rings (SSSR count). The molecule has 10 heteroatoms. The topological polar surface area (TPSA) is 100 Å². The van der Waals surface area contributed by atoms with Crippen molar-refractivity contribution in [1.29, 1.82) is 0 Å². The van der Waals surface area contributed by atoms with Gasteiger partial charge in [0.1, 0.15) is 0 Å². The summed E-state index contributed by atoms with van der Waals surface area (Å²) in [6.07, 6.45) is -3.36. The number of nitrogens with two attached hydrogens (primary N) is 1. The molecule has 2 aliphatic rings. The van der Waals surface area contributed by atoms with E-state index in [0.717, 1.165) is 6.42 Å². The van der Waals surface area contributed by atoms with Crippen molar-refractivity contribution in [3.05, 3.63) is 59.4 Å². The summed E-state index contributed by atoms with van der Waals surface area (Å²) in [5.74, 6) is -2.09. The summed E-state index contributed by atoms with van der Waals surface area (Å²) in [6, 6.07) is 8.77. The summed E-state index contributed by atoms with van der Waals surface area (Å²) in [7, 11) is 0. The first kappa shape index (κ1) is 25.0. The number of benzene rings is 1. The summed E-state index contributed by atoms with van der Waals surface area (Å²) in [4.78, 5) is 29.6. The molecule has 7 nitrogen and oxygen atoms in total. The molecule has 1 aliphatic heterocycles. The third-order valence-electron chi connectivity index (χ3n) is 7.24. The molecule has 2 aromatic rings. The summed E-state index contributed by atoms with van der Waals surface area (Å²) in [5.41, 5.74) is 8.55. The number of halogens is 3. The second kappa shape index (κ2) is 9.14. The average molecular weight is 490 g/mol. The fraction of sp³-hybridized carbons (Fsp3) is 0.480. The van der Waals surface area contributed by atoms with Crippen molar-refractivity contribution in [1.82, 2.24) is 15.2 Å². The lowest BCUT2D eigenvalue weighted by molar-refractivity contribution is -0.165. The maximum atomic E-state index is 13.9. The molecule has 1 saturated heterocycles. The van der Waals surface area contributed by atoms with Crippen molar-refractivity contribution in [2.24, 2.45) is 11.7 Å². The highest BCUT2D eigenvalue weighted by molar-refractivity contribution is 5.82. The minimum atomic E-state index is -4.75. The number of pyridine rings is 1. The number of hydrogen-bond acceptors (Lipinski definition) is 5. The van der Waals surface area contributed by atoms with E-state index in [-0.39, 0.29) is 36.0 Å². The van der Waals surface area contributed by atoms with Crippen LogP contribution in [0.15, 0.2) is 42.6 Å². The molecule has 188 valence electrons. The van der Waals surface area contributed by atoms with Crippen molar-refractivity contribution in [2.75, 3.05) is 11.9 Å². The van der Waals surface area contributed by atoms with Gasteiger partial charge in [-0.15, -0.1) is 0 Å². The first-order valence-electron chi connectivity index (χ1n) is 11.6. The number of carbonyl (C=O) groups is 2. The number of amides is 2. The van der Waals surface area contributed by atoms with E-state index < -0.39 is 30.2 Å². The molecule has 0 bridgehead atoms. The van der Waals surface area contributed by atoms with Crippen molar-refractivity contribution < 1.29 is 22.8 Å². The zero-order valence-corrected chi connectivity index (χ0v) is 19.9. The van der Waals surface area contributed by atoms with E-state index >= 15 is 0 Å². The summed E-state index contributed by atoms with van der Waals surface area (Å²) in [6.45, 7) is 5.80. The number of likely N-dealkylation sites (tertiary alicyclic amines) is 1. The van der Waals surface area contributed by atoms with Crippen LogP contribution in [0.25, 0.3) is 0 Å². The normalized spacial score (nSPS) is 24.1. The molecule has 1 unspecified atom stereocenters. The third-order valence-corrected chi connectivity index (χ3v) is 7.24. The van der Waals surface area contributed by atoms with Crippen LogP contribution in [0.3, 0.4) is 0 Å². The molecule has 1 fully saturated rings. The van der Waals surface area contributed by atoms with E-state index in [1.54, 1.807) is 6.07 Å². The lowest BCUT2D eigenvalue weighted by Crippen LogP contribution is -2.49. The highest BCUT2D eigenvalue weighted by atomic mass is 19.4. The number of nitrogens with one attached hydrogen (secondary N) is 2. The predicted molar refractivity (Wildman–Crippen MR) is 125 cm³/mol. The molecule has 4 atom stereocenters. The second-order valence-electron chi connectivity index (χ2n) is 9.83. The standard InChI is InChI=1S/C25H30F3N5O2/c1-14(34)33-11-10-17(22(33)29)23(35)32-21(25(26,27)28)19-9-8-16(13-30-19)31-20-12-15-6-4-5-7-18(15)24(20,2)3/h4-9,13,17,20-22,31H,10-12,29H2,1-3H3,(H,32,35)/t17?,20-,21-,22-/m0/s1. The number of carbonyl (C=O) groups excluding carboxylic acids is 2. The fourth-order valence-corrected chi connectivity index (χ4v) is 5.13. The van der Waals surface area contributed by atoms with Crippen LogP contribution in [-0.2, 0) is 21.4 Å². The van der Waals surface area contributed by atoms with Gasteiger partial charge >= 0.3 is 6.18 Å². The molecule has 1 aromatic carbocycles. The maximum absolute atomic E-state index is 13.9. The van der Waals surface area contributed by atoms with Crippen LogP contribution in [0.1, 0.15) is 50.1 Å². The van der Waals surface area contributed by atoms with E-state index in [0.29, 0.717) is 5.69 Å². The Morgan fingerprint density at radius 2 is 1.91 bits per heavy atom. The lowest BCUT2D eigenvalue weighted by atomic mass is 9.83. The SMILES string of the molecule is CC(=O)N1CCC(C(=O)N[C@@H](c2ccc(N[C@H]3Cc4ccccc4C3(C)C)cn2)C(F)(F)F)[C@H]1N. The van der Waals surface area contributed by atoms with Gasteiger partial charge in [-0.25, -0.2) is 0 Å². The molecular weight excluding hydrogens is 459 g/mol. The Hall–Kier alpha value is -3.14. The molecule has 0 saturated carbocycles. The van der Waals surface area contributed by atoms with Crippen molar-refractivity contribution in [3.63, 3.8) is 0 Å². The third kappa shape index (κ3) is 4.84. The molecule has 35 heavy (non-hydrogen) atoms. The molecular formula is C25H30F3N5O2. The van der Waals surface area contributed by atoms with Crippen LogP contribution < -0.4 is 16.4 Å². The number of nitrogens with zero attached hydrogens (tertiary/aromatic N) is 2. The number of alkyl halides is 3. The van der Waals surface area contributed by atoms with Gasteiger partial charge in [0.15, 0.2) is 6.04 Å². The Labute approximate surface area is 202 Å². The second-order valence-corrected chi connectivity index (χ2v) is 9.83. The van der Waals surface area contributed by atoms with Gasteiger partial charge in [-0.1, -0.05) is 38.1 Å². The number of rotatable bonds is 5. The zero-order chi connectivity index (χ0) is 25.5. The highest BCUT2D eigenvalue weighted by Crippen LogP contribution is 2.40. The fourth-order valence-electron chi connectivity index (χ4n) is 5.13. The van der Waals surface area contributed by atoms with Crippen LogP contribution in [0.4, 0.5) is 18.9 Å². The minimum absolute atomic E-state index is 0.0544. The highest BCUT2D eigenvalue weighted by Gasteiger charge is 2.46. The van der Waals surface area contributed by atoms with Gasteiger partial charge in [-0.3, -0.25) is 14.6 Å². The Balaban J connectivity index is 1.47. The van der Waals surface area contributed by atoms with Gasteiger partial charge in [0, 0.05) is 24.9 Å². The van der Waals surface area contributed by atoms with Gasteiger partial charge in [-0.05, 0) is 36.1 Å². The molecule has 1 aliphatic carbocycles. The van der Waals surface area contributed by atoms with E-state index in [2.05, 4.69) is 41.6 Å². The minimum Gasteiger partial charge on any atom is -0.380 e. The Bertz CT molecular complexity index is 1100. The molecule has 4 N–H and O–H groups in total. The molecule has 0 spiro atoms. The summed E-state index contributed by atoms with van der Waals surface area (Å²) >= 11 is 0. The summed E-state index contributed by atoms with van der Waals surface area (Å²) in [5, 5.41) is 5.46. The smallest absolute Gasteiger partial charge is 0.380 e. The first-order valence-corrected chi connectivity index (χ1v) is 11.6. The van der Waals surface area contributed by atoms with E-state index in [1.807, 2.05) is 12.1 Å². The van der Waals surface area contributed by atoms with Crippen molar-refractivity contribution in [2.45, 2.75) is 63.5 Å². The maximum Gasteiger partial charge on any atom is 0.414 e. The Morgan fingerprint density at radius 1 is 1.20 bits per heavy atom. The van der Waals surface area contributed by atoms with Gasteiger partial charge < -0.3 is 21.3 Å². The Kier molecular flexibility index (Phi) is 6.52. The molecule has 2 heterocycles. The lowest BCUT2D eigenvalue weighted by Gasteiger charge is -2.30. The van der Waals surface area contributed by atoms with Gasteiger partial charge in [-0.2, -0.15) is 13.2 Å². The molecule has 2 amide bonds. The van der Waals surface area contributed by atoms with E-state index in [9.17, 15) is 22.8 Å². The van der Waals surface area contributed by atoms with Crippen LogP contribution in [0.2, 0.25) is 0 Å². The van der Waals surface area contributed by atoms with Gasteiger partial charge in [0.25, 0.3) is 0 Å². The monoisotopic (exact) mass is 489 g/mol. The number of anilines is 1. The van der Waals surface area contributed by atoms with Crippen LogP contribution >= 0.6 is 0 Å². The first-order chi connectivity index (χ1) is 16.4. The van der Waals surface area contributed by atoms with Crippen molar-refractivity contribution >= 4 is 17.5 Å². The van der Waals surface area contributed by atoms with Crippen LogP contribution in [0.5, 0.6) is 0 Å². The summed E-state index contributed by atoms with van der Waals surface area (Å²) < 4.78 is 41.6. The Morgan fingerprint density at radius 3 is 2.49 bits per heavy atom. The quantitative estimate of drug-likeness (QED) is 0.599. The van der Waals surface area contributed by atoms with Crippen molar-refractivity contribution in [3.8, 4) is 0 Å². The average Bonchev–Trinajstić information content (AvgIpc) is 3.29. The van der Waals surface area contributed by atoms with Crippen LogP contribution in [-0.4, -0.2) is 46.6 Å². The van der Waals surface area contributed by atoms with E-state index in [1.165, 1.54) is 35.2 Å². The number of hydrogen-bond donors (Lipinski definition) is 3. The number of fused-ring (bicyclic) bond motifs is 1. The van der Waals surface area contributed by atoms with Gasteiger partial charge in [0.2, 0.25) is 11.8 Å². The van der Waals surface area contributed by atoms with Gasteiger partial charge in [0.05, 0.1) is 29.7 Å². The largest absolute Gasteiger partial charge is 0.414 e.